The topological polar surface area (TPSA) is 81.8 Å². The highest BCUT2D eigenvalue weighted by Crippen LogP contribution is 2.38. The highest BCUT2D eigenvalue weighted by Gasteiger charge is 2.25. The number of anilines is 1. The van der Waals surface area contributed by atoms with Crippen molar-refractivity contribution >= 4 is 22.4 Å². The number of imidazole rings is 1. The molecule has 4 rings (SSSR count). The molecule has 3 aromatic rings. The van der Waals surface area contributed by atoms with Gasteiger partial charge in [0.25, 0.3) is 5.91 Å². The summed E-state index contributed by atoms with van der Waals surface area (Å²) < 4.78 is 2.69. The number of benzene rings is 1. The summed E-state index contributed by atoms with van der Waals surface area (Å²) in [6, 6.07) is 8.44. The summed E-state index contributed by atoms with van der Waals surface area (Å²) in [4.78, 5) is 24.2. The Morgan fingerprint density at radius 3 is 2.85 bits per heavy atom. The third kappa shape index (κ3) is 2.86. The van der Waals surface area contributed by atoms with Crippen LogP contribution in [0.1, 0.15) is 45.4 Å². The molecule has 1 aliphatic carbocycles. The van der Waals surface area contributed by atoms with Gasteiger partial charge in [0.2, 0.25) is 5.13 Å². The van der Waals surface area contributed by atoms with Gasteiger partial charge in [0.15, 0.2) is 0 Å². The average molecular weight is 369 g/mol. The molecule has 134 valence electrons. The smallest absolute Gasteiger partial charge is 0.301 e. The molecule has 1 unspecified atom stereocenters. The molecule has 7 nitrogen and oxygen atoms in total. The number of rotatable bonds is 3. The van der Waals surface area contributed by atoms with Crippen molar-refractivity contribution in [2.24, 2.45) is 14.1 Å². The van der Waals surface area contributed by atoms with E-state index in [1.165, 1.54) is 37.8 Å². The molecule has 0 aliphatic heterocycles. The van der Waals surface area contributed by atoms with Crippen LogP contribution in [0.4, 0.5) is 5.13 Å². The van der Waals surface area contributed by atoms with E-state index in [9.17, 15) is 9.59 Å². The quantitative estimate of drug-likeness (QED) is 0.768. The van der Waals surface area contributed by atoms with E-state index in [0.717, 1.165) is 24.3 Å². The summed E-state index contributed by atoms with van der Waals surface area (Å²) in [5, 5.41) is 12.6. The van der Waals surface area contributed by atoms with Gasteiger partial charge in [-0.1, -0.05) is 35.6 Å². The van der Waals surface area contributed by atoms with Crippen molar-refractivity contribution < 1.29 is 4.79 Å². The minimum Gasteiger partial charge on any atom is -0.301 e. The Labute approximate surface area is 154 Å². The number of nitrogens with zero attached hydrogens (tertiary/aromatic N) is 4. The molecule has 1 atom stereocenters. The number of hydrogen-bond acceptors (Lipinski definition) is 5. The fourth-order valence-corrected chi connectivity index (χ4v) is 4.37. The predicted molar refractivity (Wildman–Crippen MR) is 99.7 cm³/mol. The second kappa shape index (κ2) is 6.53. The first kappa shape index (κ1) is 16.7. The van der Waals surface area contributed by atoms with E-state index in [1.54, 1.807) is 14.1 Å². The van der Waals surface area contributed by atoms with Crippen molar-refractivity contribution in [3.05, 3.63) is 62.8 Å². The minimum absolute atomic E-state index is 0.226. The lowest BCUT2D eigenvalue weighted by Gasteiger charge is -2.23. The fourth-order valence-electron chi connectivity index (χ4n) is 3.47. The van der Waals surface area contributed by atoms with Crippen LogP contribution in [0.15, 0.2) is 35.3 Å². The molecule has 1 N–H and O–H groups in total. The van der Waals surface area contributed by atoms with E-state index >= 15 is 0 Å². The third-order valence-electron chi connectivity index (χ3n) is 4.83. The molecule has 0 radical (unpaired) electrons. The second-order valence-corrected chi connectivity index (χ2v) is 7.52. The number of nitrogens with one attached hydrogen (secondary N) is 1. The van der Waals surface area contributed by atoms with Gasteiger partial charge in [0, 0.05) is 26.2 Å². The highest BCUT2D eigenvalue weighted by atomic mass is 32.1. The predicted octanol–water partition coefficient (Wildman–Crippen LogP) is 2.30. The van der Waals surface area contributed by atoms with E-state index < -0.39 is 0 Å². The molecule has 1 aromatic carbocycles. The Balaban J connectivity index is 1.57. The molecule has 0 bridgehead atoms. The summed E-state index contributed by atoms with van der Waals surface area (Å²) in [5.41, 5.74) is 2.71. The van der Waals surface area contributed by atoms with Gasteiger partial charge in [0.1, 0.15) is 10.7 Å². The van der Waals surface area contributed by atoms with Crippen LogP contribution in [0, 0.1) is 0 Å². The highest BCUT2D eigenvalue weighted by molar-refractivity contribution is 7.15. The minimum atomic E-state index is -0.364. The molecule has 2 heterocycles. The van der Waals surface area contributed by atoms with Crippen LogP contribution < -0.4 is 11.0 Å². The lowest BCUT2D eigenvalue weighted by Crippen LogP contribution is -2.23. The standard InChI is InChI=1S/C18H19N5O2S/c1-22-10-14(23(2)18(22)25)15(24)19-17-21-20-16(26-17)13-9-5-7-11-6-3-4-8-12(11)13/h3-4,6,8,10,13H,5,7,9H2,1-2H3,(H,19,21,24). The van der Waals surface area contributed by atoms with Crippen LogP contribution in [0.5, 0.6) is 0 Å². The maximum Gasteiger partial charge on any atom is 0.328 e. The maximum absolute atomic E-state index is 12.4. The monoisotopic (exact) mass is 369 g/mol. The molecule has 0 saturated carbocycles. The largest absolute Gasteiger partial charge is 0.328 e. The summed E-state index contributed by atoms with van der Waals surface area (Å²) >= 11 is 1.39. The molecule has 0 saturated heterocycles. The van der Waals surface area contributed by atoms with Crippen molar-refractivity contribution in [1.29, 1.82) is 0 Å². The summed E-state index contributed by atoms with van der Waals surface area (Å²) in [7, 11) is 3.18. The van der Waals surface area contributed by atoms with Crippen molar-refractivity contribution in [3.63, 3.8) is 0 Å². The van der Waals surface area contributed by atoms with E-state index in [4.69, 9.17) is 0 Å². The Morgan fingerprint density at radius 2 is 2.08 bits per heavy atom. The summed E-state index contributed by atoms with van der Waals surface area (Å²) in [5.74, 6) is -0.138. The van der Waals surface area contributed by atoms with Gasteiger partial charge in [-0.15, -0.1) is 10.2 Å². The van der Waals surface area contributed by atoms with Crippen molar-refractivity contribution in [2.45, 2.75) is 25.2 Å². The number of aromatic nitrogens is 4. The molecule has 0 fully saturated rings. The first-order valence-electron chi connectivity index (χ1n) is 8.49. The van der Waals surface area contributed by atoms with E-state index in [0.29, 0.717) is 5.13 Å². The van der Waals surface area contributed by atoms with Crippen LogP contribution in [-0.2, 0) is 20.5 Å². The molecular formula is C18H19N5O2S. The summed E-state index contributed by atoms with van der Waals surface area (Å²) in [6.45, 7) is 0. The van der Waals surface area contributed by atoms with Gasteiger partial charge in [-0.3, -0.25) is 14.7 Å². The molecule has 0 spiro atoms. The van der Waals surface area contributed by atoms with Gasteiger partial charge in [0.05, 0.1) is 0 Å². The lowest BCUT2D eigenvalue weighted by atomic mass is 9.83. The first-order chi connectivity index (χ1) is 12.5. The van der Waals surface area contributed by atoms with Crippen LogP contribution in [0.25, 0.3) is 0 Å². The van der Waals surface area contributed by atoms with E-state index in [2.05, 4.69) is 39.8 Å². The van der Waals surface area contributed by atoms with Gasteiger partial charge < -0.3 is 4.57 Å². The van der Waals surface area contributed by atoms with Crippen molar-refractivity contribution in [2.75, 3.05) is 5.32 Å². The Hall–Kier alpha value is -2.74. The van der Waals surface area contributed by atoms with Crippen LogP contribution >= 0.6 is 11.3 Å². The Bertz CT molecular complexity index is 1030. The SMILES string of the molecule is Cn1cc(C(=O)Nc2nnc(C3CCCc4ccccc43)s2)n(C)c1=O. The molecular weight excluding hydrogens is 350 g/mol. The van der Waals surface area contributed by atoms with Crippen molar-refractivity contribution in [3.8, 4) is 0 Å². The van der Waals surface area contributed by atoms with Gasteiger partial charge in [-0.25, -0.2) is 4.79 Å². The number of aryl methyl sites for hydroxylation is 2. The van der Waals surface area contributed by atoms with Crippen LogP contribution in [0.3, 0.4) is 0 Å². The van der Waals surface area contributed by atoms with Gasteiger partial charge in [-0.05, 0) is 30.4 Å². The number of fused-ring (bicyclic) bond motifs is 1. The molecule has 2 aromatic heterocycles. The normalized spacial score (nSPS) is 16.3. The lowest BCUT2D eigenvalue weighted by molar-refractivity contribution is 0.101. The average Bonchev–Trinajstić information content (AvgIpc) is 3.21. The summed E-state index contributed by atoms with van der Waals surface area (Å²) in [6.07, 6.45) is 4.76. The van der Waals surface area contributed by atoms with Crippen LogP contribution in [0.2, 0.25) is 0 Å². The molecule has 26 heavy (non-hydrogen) atoms. The third-order valence-corrected chi connectivity index (χ3v) is 5.78. The Kier molecular flexibility index (Phi) is 4.20. The maximum atomic E-state index is 12.4. The zero-order valence-electron chi connectivity index (χ0n) is 14.6. The van der Waals surface area contributed by atoms with Crippen molar-refractivity contribution in [1.82, 2.24) is 19.3 Å². The second-order valence-electron chi connectivity index (χ2n) is 6.51. The van der Waals surface area contributed by atoms with E-state index in [1.807, 2.05) is 0 Å². The number of amides is 1. The Morgan fingerprint density at radius 1 is 1.27 bits per heavy atom. The molecule has 1 amide bonds. The molecule has 1 aliphatic rings. The van der Waals surface area contributed by atoms with Crippen LogP contribution in [-0.4, -0.2) is 25.2 Å². The zero-order chi connectivity index (χ0) is 18.3. The number of hydrogen-bond donors (Lipinski definition) is 1. The van der Waals surface area contributed by atoms with Gasteiger partial charge in [-0.2, -0.15) is 0 Å². The number of carbonyl (C=O) groups is 1. The molecule has 8 heteroatoms. The first-order valence-corrected chi connectivity index (χ1v) is 9.31. The zero-order valence-corrected chi connectivity index (χ0v) is 15.4. The fraction of sp³-hybridized carbons (Fsp3) is 0.333. The van der Waals surface area contributed by atoms with E-state index in [-0.39, 0.29) is 23.2 Å². The van der Waals surface area contributed by atoms with Gasteiger partial charge >= 0.3 is 5.69 Å². The number of carbonyl (C=O) groups excluding carboxylic acids is 1.